The standard InChI is InChI=1S/C21H24N2O3/c1-4-21(2)18(19(24)20(22)25)16-12-15(26-3)10-11-17(16)23(21)13-14-8-6-5-7-9-14/h5-12,18H,4,13H2,1-3H3,(H2,22,25). The van der Waals surface area contributed by atoms with Gasteiger partial charge in [-0.3, -0.25) is 9.59 Å². The Hall–Kier alpha value is -2.82. The Bertz CT molecular complexity index is 834. The Morgan fingerprint density at radius 2 is 1.88 bits per heavy atom. The van der Waals surface area contributed by atoms with Crippen LogP contribution in [0.5, 0.6) is 5.75 Å². The second-order valence-corrected chi connectivity index (χ2v) is 6.87. The van der Waals surface area contributed by atoms with E-state index in [9.17, 15) is 9.59 Å². The lowest BCUT2D eigenvalue weighted by Crippen LogP contribution is -2.49. The summed E-state index contributed by atoms with van der Waals surface area (Å²) in [6.45, 7) is 4.70. The molecule has 0 saturated carbocycles. The van der Waals surface area contributed by atoms with Crippen LogP contribution in [0, 0.1) is 0 Å². The van der Waals surface area contributed by atoms with Gasteiger partial charge in [0.1, 0.15) is 5.75 Å². The molecule has 0 bridgehead atoms. The molecule has 2 atom stereocenters. The Kier molecular flexibility index (Phi) is 4.72. The second kappa shape index (κ2) is 6.83. The molecule has 0 aliphatic carbocycles. The molecular weight excluding hydrogens is 328 g/mol. The normalized spacial score (nSPS) is 21.3. The van der Waals surface area contributed by atoms with Crippen molar-refractivity contribution in [2.24, 2.45) is 5.73 Å². The highest BCUT2D eigenvalue weighted by atomic mass is 16.5. The van der Waals surface area contributed by atoms with Crippen LogP contribution >= 0.6 is 0 Å². The summed E-state index contributed by atoms with van der Waals surface area (Å²) in [6.07, 6.45) is 0.695. The van der Waals surface area contributed by atoms with Gasteiger partial charge in [-0.15, -0.1) is 0 Å². The van der Waals surface area contributed by atoms with Crippen molar-refractivity contribution in [3.8, 4) is 5.75 Å². The largest absolute Gasteiger partial charge is 0.497 e. The predicted molar refractivity (Wildman–Crippen MR) is 101 cm³/mol. The number of nitrogens with two attached hydrogens (primary N) is 1. The molecule has 0 radical (unpaired) electrons. The quantitative estimate of drug-likeness (QED) is 0.811. The van der Waals surface area contributed by atoms with Gasteiger partial charge < -0.3 is 15.4 Å². The topological polar surface area (TPSA) is 72.6 Å². The lowest BCUT2D eigenvalue weighted by molar-refractivity contribution is -0.137. The minimum Gasteiger partial charge on any atom is -0.497 e. The number of methoxy groups -OCH3 is 1. The smallest absolute Gasteiger partial charge is 0.285 e. The summed E-state index contributed by atoms with van der Waals surface area (Å²) in [5, 5.41) is 0. The molecule has 1 amide bonds. The molecule has 1 heterocycles. The summed E-state index contributed by atoms with van der Waals surface area (Å²) in [4.78, 5) is 26.7. The number of amides is 1. The van der Waals surface area contributed by atoms with Crippen LogP contribution in [-0.4, -0.2) is 24.3 Å². The van der Waals surface area contributed by atoms with E-state index in [1.807, 2.05) is 50.2 Å². The summed E-state index contributed by atoms with van der Waals surface area (Å²) >= 11 is 0. The molecule has 2 N–H and O–H groups in total. The van der Waals surface area contributed by atoms with Crippen molar-refractivity contribution >= 4 is 17.4 Å². The third-order valence-corrected chi connectivity index (χ3v) is 5.48. The highest BCUT2D eigenvalue weighted by molar-refractivity contribution is 6.38. The van der Waals surface area contributed by atoms with E-state index in [2.05, 4.69) is 17.0 Å². The van der Waals surface area contributed by atoms with Crippen LogP contribution in [-0.2, 0) is 16.1 Å². The summed E-state index contributed by atoms with van der Waals surface area (Å²) in [5.74, 6) is -1.41. The number of rotatable bonds is 6. The maximum atomic E-state index is 12.7. The van der Waals surface area contributed by atoms with E-state index in [1.54, 1.807) is 7.11 Å². The predicted octanol–water partition coefficient (Wildman–Crippen LogP) is 3.02. The number of fused-ring (bicyclic) bond motifs is 1. The van der Waals surface area contributed by atoms with Crippen LogP contribution in [0.1, 0.15) is 37.3 Å². The molecule has 1 aliphatic heterocycles. The molecular formula is C21H24N2O3. The molecule has 2 unspecified atom stereocenters. The highest BCUT2D eigenvalue weighted by Crippen LogP contribution is 2.51. The SMILES string of the molecule is CCC1(C)C(C(=O)C(N)=O)c2cc(OC)ccc2N1Cc1ccccc1. The van der Waals surface area contributed by atoms with Crippen LogP contribution in [0.15, 0.2) is 48.5 Å². The van der Waals surface area contributed by atoms with E-state index in [0.29, 0.717) is 18.7 Å². The fourth-order valence-corrected chi connectivity index (χ4v) is 3.90. The number of carbonyl (C=O) groups excluding carboxylic acids is 2. The van der Waals surface area contributed by atoms with Gasteiger partial charge in [0.05, 0.1) is 18.6 Å². The Balaban J connectivity index is 2.15. The van der Waals surface area contributed by atoms with Crippen molar-refractivity contribution in [1.29, 1.82) is 0 Å². The fraction of sp³-hybridized carbons (Fsp3) is 0.333. The van der Waals surface area contributed by atoms with Gasteiger partial charge in [-0.2, -0.15) is 0 Å². The maximum Gasteiger partial charge on any atom is 0.285 e. The summed E-state index contributed by atoms with van der Waals surface area (Å²) in [7, 11) is 1.59. The zero-order valence-electron chi connectivity index (χ0n) is 15.4. The van der Waals surface area contributed by atoms with E-state index >= 15 is 0 Å². The summed E-state index contributed by atoms with van der Waals surface area (Å²) < 4.78 is 5.34. The molecule has 0 spiro atoms. The van der Waals surface area contributed by atoms with Crippen LogP contribution in [0.4, 0.5) is 5.69 Å². The minimum atomic E-state index is -0.898. The van der Waals surface area contributed by atoms with Gasteiger partial charge in [0, 0.05) is 12.2 Å². The van der Waals surface area contributed by atoms with Gasteiger partial charge in [-0.1, -0.05) is 37.3 Å². The number of ketones is 1. The molecule has 3 rings (SSSR count). The molecule has 0 aromatic heterocycles. The second-order valence-electron chi connectivity index (χ2n) is 6.87. The van der Waals surface area contributed by atoms with Crippen molar-refractivity contribution < 1.29 is 14.3 Å². The Labute approximate surface area is 153 Å². The molecule has 5 heteroatoms. The van der Waals surface area contributed by atoms with E-state index < -0.39 is 23.1 Å². The average molecular weight is 352 g/mol. The van der Waals surface area contributed by atoms with Crippen molar-refractivity contribution in [2.45, 2.75) is 38.3 Å². The molecule has 2 aromatic rings. The first-order valence-electron chi connectivity index (χ1n) is 8.75. The van der Waals surface area contributed by atoms with Gasteiger partial charge in [0.15, 0.2) is 0 Å². The van der Waals surface area contributed by atoms with Crippen LogP contribution in [0.2, 0.25) is 0 Å². The summed E-state index contributed by atoms with van der Waals surface area (Å²) in [6, 6.07) is 15.8. The van der Waals surface area contributed by atoms with Crippen LogP contribution in [0.25, 0.3) is 0 Å². The number of Topliss-reactive ketones (excluding diaryl/α,β-unsaturated/α-hetero) is 1. The highest BCUT2D eigenvalue weighted by Gasteiger charge is 2.51. The van der Waals surface area contributed by atoms with Crippen molar-refractivity contribution in [1.82, 2.24) is 0 Å². The minimum absolute atomic E-state index is 0.545. The Morgan fingerprint density at radius 1 is 1.19 bits per heavy atom. The molecule has 0 fully saturated rings. The first-order valence-corrected chi connectivity index (χ1v) is 8.75. The lowest BCUT2D eigenvalue weighted by Gasteiger charge is -2.40. The number of anilines is 1. The third kappa shape index (κ3) is 2.83. The fourth-order valence-electron chi connectivity index (χ4n) is 3.90. The monoisotopic (exact) mass is 352 g/mol. The summed E-state index contributed by atoms with van der Waals surface area (Å²) in [5.41, 5.74) is 7.72. The van der Waals surface area contributed by atoms with Gasteiger partial charge in [0.2, 0.25) is 5.78 Å². The molecule has 1 aliphatic rings. The molecule has 136 valence electrons. The van der Waals surface area contributed by atoms with Crippen molar-refractivity contribution in [3.63, 3.8) is 0 Å². The number of hydrogen-bond acceptors (Lipinski definition) is 4. The number of nitrogens with zero attached hydrogens (tertiary/aromatic N) is 1. The van der Waals surface area contributed by atoms with Gasteiger partial charge in [0.25, 0.3) is 5.91 Å². The average Bonchev–Trinajstić information content (AvgIpc) is 2.90. The van der Waals surface area contributed by atoms with Gasteiger partial charge in [-0.05, 0) is 42.7 Å². The van der Waals surface area contributed by atoms with Gasteiger partial charge in [-0.25, -0.2) is 0 Å². The first-order chi connectivity index (χ1) is 12.4. The number of benzene rings is 2. The zero-order valence-corrected chi connectivity index (χ0v) is 15.4. The van der Waals surface area contributed by atoms with Crippen LogP contribution < -0.4 is 15.4 Å². The number of primary amides is 1. The first kappa shape index (κ1) is 18.0. The number of ether oxygens (including phenoxy) is 1. The van der Waals surface area contributed by atoms with E-state index in [4.69, 9.17) is 10.5 Å². The van der Waals surface area contributed by atoms with E-state index in [1.165, 1.54) is 0 Å². The number of carbonyl (C=O) groups is 2. The van der Waals surface area contributed by atoms with Crippen molar-refractivity contribution in [2.75, 3.05) is 12.0 Å². The molecule has 26 heavy (non-hydrogen) atoms. The number of hydrogen-bond donors (Lipinski definition) is 1. The lowest BCUT2D eigenvalue weighted by atomic mass is 9.78. The third-order valence-electron chi connectivity index (χ3n) is 5.48. The zero-order chi connectivity index (χ0) is 18.9. The van der Waals surface area contributed by atoms with Crippen LogP contribution in [0.3, 0.4) is 0 Å². The molecule has 0 saturated heterocycles. The van der Waals surface area contributed by atoms with E-state index in [0.717, 1.165) is 16.8 Å². The maximum absolute atomic E-state index is 12.7. The molecule has 2 aromatic carbocycles. The van der Waals surface area contributed by atoms with Gasteiger partial charge >= 0.3 is 0 Å². The van der Waals surface area contributed by atoms with Crippen molar-refractivity contribution in [3.05, 3.63) is 59.7 Å². The Morgan fingerprint density at radius 3 is 2.46 bits per heavy atom. The molecule has 5 nitrogen and oxygen atoms in total. The van der Waals surface area contributed by atoms with E-state index in [-0.39, 0.29) is 0 Å².